The molecule has 0 bridgehead atoms. The molecule has 21 heavy (non-hydrogen) atoms. The average Bonchev–Trinajstić information content (AvgIpc) is 3.03. The van der Waals surface area contributed by atoms with Gasteiger partial charge in [0.2, 0.25) is 0 Å². The van der Waals surface area contributed by atoms with Crippen molar-refractivity contribution in [1.29, 1.82) is 0 Å². The number of hydrogen-bond acceptors (Lipinski definition) is 2. The van der Waals surface area contributed by atoms with E-state index in [0.29, 0.717) is 6.04 Å². The Kier molecular flexibility index (Phi) is 11.9. The molecule has 1 N–H and O–H groups in total. The lowest BCUT2D eigenvalue weighted by molar-refractivity contribution is 0.494. The third kappa shape index (κ3) is 9.31. The van der Waals surface area contributed by atoms with Gasteiger partial charge in [-0.3, -0.25) is 0 Å². The maximum atomic E-state index is 3.71. The molecule has 0 aliphatic rings. The van der Waals surface area contributed by atoms with E-state index in [4.69, 9.17) is 0 Å². The lowest BCUT2D eigenvalue weighted by Crippen LogP contribution is -2.21. The second kappa shape index (κ2) is 13.3. The van der Waals surface area contributed by atoms with Crippen molar-refractivity contribution in [3.05, 3.63) is 22.4 Å². The highest BCUT2D eigenvalue weighted by molar-refractivity contribution is 7.10. The molecule has 0 saturated heterocycles. The summed E-state index contributed by atoms with van der Waals surface area (Å²) in [5.41, 5.74) is 0. The van der Waals surface area contributed by atoms with Crippen molar-refractivity contribution in [2.75, 3.05) is 6.54 Å². The van der Waals surface area contributed by atoms with Gasteiger partial charge in [0.15, 0.2) is 0 Å². The third-order valence-electron chi connectivity index (χ3n) is 4.22. The molecular formula is C19H35NS. The minimum absolute atomic E-state index is 0.573. The summed E-state index contributed by atoms with van der Waals surface area (Å²) < 4.78 is 0. The van der Waals surface area contributed by atoms with Gasteiger partial charge in [0, 0.05) is 10.9 Å². The molecule has 0 aliphatic heterocycles. The molecule has 1 aromatic rings. The van der Waals surface area contributed by atoms with Crippen molar-refractivity contribution in [2.45, 2.75) is 90.5 Å². The molecule has 0 amide bonds. The van der Waals surface area contributed by atoms with Crippen molar-refractivity contribution in [3.8, 4) is 0 Å². The Balaban J connectivity index is 1.88. The maximum absolute atomic E-state index is 3.71. The van der Waals surface area contributed by atoms with Crippen molar-refractivity contribution >= 4 is 11.3 Å². The number of nitrogens with one attached hydrogen (secondary N) is 1. The van der Waals surface area contributed by atoms with Gasteiger partial charge in [-0.25, -0.2) is 0 Å². The Hall–Kier alpha value is -0.340. The van der Waals surface area contributed by atoms with Crippen LogP contribution in [0, 0.1) is 0 Å². The highest BCUT2D eigenvalue weighted by Crippen LogP contribution is 2.21. The van der Waals surface area contributed by atoms with Gasteiger partial charge < -0.3 is 5.32 Å². The number of thiophene rings is 1. The molecule has 0 spiro atoms. The van der Waals surface area contributed by atoms with E-state index >= 15 is 0 Å². The predicted octanol–water partition coefficient (Wildman–Crippen LogP) is 6.71. The smallest absolute Gasteiger partial charge is 0.0412 e. The minimum Gasteiger partial charge on any atom is -0.309 e. The van der Waals surface area contributed by atoms with Crippen LogP contribution in [0.3, 0.4) is 0 Å². The van der Waals surface area contributed by atoms with Crippen LogP contribution in [0.1, 0.15) is 95.4 Å². The summed E-state index contributed by atoms with van der Waals surface area (Å²) in [4.78, 5) is 1.49. The Bertz CT molecular complexity index is 307. The van der Waals surface area contributed by atoms with E-state index in [2.05, 4.69) is 36.7 Å². The van der Waals surface area contributed by atoms with Gasteiger partial charge in [0.25, 0.3) is 0 Å². The largest absolute Gasteiger partial charge is 0.309 e. The maximum Gasteiger partial charge on any atom is 0.0412 e. The van der Waals surface area contributed by atoms with Crippen LogP contribution in [0.2, 0.25) is 0 Å². The van der Waals surface area contributed by atoms with Crippen LogP contribution in [-0.2, 0) is 0 Å². The van der Waals surface area contributed by atoms with Gasteiger partial charge in [0.05, 0.1) is 0 Å². The topological polar surface area (TPSA) is 12.0 Å². The van der Waals surface area contributed by atoms with E-state index in [9.17, 15) is 0 Å². The number of unbranched alkanes of at least 4 members (excludes halogenated alkanes) is 9. The van der Waals surface area contributed by atoms with Gasteiger partial charge in [0.1, 0.15) is 0 Å². The van der Waals surface area contributed by atoms with Gasteiger partial charge in [-0.15, -0.1) is 11.3 Å². The molecule has 1 heterocycles. The van der Waals surface area contributed by atoms with Gasteiger partial charge in [-0.05, 0) is 30.8 Å². The fourth-order valence-electron chi connectivity index (χ4n) is 2.82. The normalized spacial score (nSPS) is 12.7. The van der Waals surface area contributed by atoms with Crippen molar-refractivity contribution in [1.82, 2.24) is 5.32 Å². The predicted molar refractivity (Wildman–Crippen MR) is 97.2 cm³/mol. The highest BCUT2D eigenvalue weighted by Gasteiger charge is 2.08. The molecule has 0 saturated carbocycles. The van der Waals surface area contributed by atoms with Crippen molar-refractivity contribution in [2.24, 2.45) is 0 Å². The van der Waals surface area contributed by atoms with Crippen LogP contribution in [0.4, 0.5) is 0 Å². The van der Waals surface area contributed by atoms with Gasteiger partial charge in [-0.1, -0.05) is 77.7 Å². The lowest BCUT2D eigenvalue weighted by Gasteiger charge is -2.15. The van der Waals surface area contributed by atoms with E-state index in [0.717, 1.165) is 0 Å². The Labute approximate surface area is 136 Å². The first-order chi connectivity index (χ1) is 10.4. The van der Waals surface area contributed by atoms with Crippen molar-refractivity contribution < 1.29 is 0 Å². The third-order valence-corrected chi connectivity index (χ3v) is 5.20. The SMILES string of the molecule is CCCCCCCCCCCCNC(CC)c1cccs1. The summed E-state index contributed by atoms with van der Waals surface area (Å²) in [6.07, 6.45) is 15.4. The Morgan fingerprint density at radius 3 is 2.05 bits per heavy atom. The van der Waals surface area contributed by atoms with Crippen LogP contribution < -0.4 is 5.32 Å². The molecule has 0 radical (unpaired) electrons. The summed E-state index contributed by atoms with van der Waals surface area (Å²) in [7, 11) is 0. The molecule has 1 rings (SSSR count). The van der Waals surface area contributed by atoms with Crippen LogP contribution in [-0.4, -0.2) is 6.54 Å². The van der Waals surface area contributed by atoms with Crippen LogP contribution in [0.5, 0.6) is 0 Å². The highest BCUT2D eigenvalue weighted by atomic mass is 32.1. The van der Waals surface area contributed by atoms with Crippen molar-refractivity contribution in [3.63, 3.8) is 0 Å². The molecule has 1 atom stereocenters. The van der Waals surface area contributed by atoms with Crippen LogP contribution in [0.25, 0.3) is 0 Å². The van der Waals surface area contributed by atoms with E-state index in [1.807, 2.05) is 11.3 Å². The molecule has 122 valence electrons. The fraction of sp³-hybridized carbons (Fsp3) is 0.789. The second-order valence-corrected chi connectivity index (χ2v) is 7.09. The zero-order chi connectivity index (χ0) is 15.2. The minimum atomic E-state index is 0.573. The van der Waals surface area contributed by atoms with Crippen LogP contribution >= 0.6 is 11.3 Å². The Morgan fingerprint density at radius 1 is 0.905 bits per heavy atom. The first kappa shape index (κ1) is 18.7. The number of rotatable bonds is 14. The molecule has 1 aromatic heterocycles. The monoisotopic (exact) mass is 309 g/mol. The molecular weight excluding hydrogens is 274 g/mol. The van der Waals surface area contributed by atoms with E-state index in [1.54, 1.807) is 0 Å². The van der Waals surface area contributed by atoms with Gasteiger partial charge in [-0.2, -0.15) is 0 Å². The first-order valence-corrected chi connectivity index (χ1v) is 10.0. The lowest BCUT2D eigenvalue weighted by atomic mass is 10.1. The summed E-state index contributed by atoms with van der Waals surface area (Å²) in [5.74, 6) is 0. The summed E-state index contributed by atoms with van der Waals surface area (Å²) in [6, 6.07) is 4.98. The molecule has 0 fully saturated rings. The molecule has 1 unspecified atom stereocenters. The molecule has 2 heteroatoms. The zero-order valence-corrected chi connectivity index (χ0v) is 15.0. The van der Waals surface area contributed by atoms with Gasteiger partial charge >= 0.3 is 0 Å². The second-order valence-electron chi connectivity index (χ2n) is 6.11. The van der Waals surface area contributed by atoms with E-state index in [1.165, 1.54) is 82.1 Å². The van der Waals surface area contributed by atoms with E-state index < -0.39 is 0 Å². The zero-order valence-electron chi connectivity index (χ0n) is 14.2. The molecule has 0 aromatic carbocycles. The standard InChI is InChI=1S/C19H35NS/c1-3-5-6-7-8-9-10-11-12-13-16-20-18(4-2)19-15-14-17-21-19/h14-15,17-18,20H,3-13,16H2,1-2H3. The summed E-state index contributed by atoms with van der Waals surface area (Å²) in [6.45, 7) is 5.73. The summed E-state index contributed by atoms with van der Waals surface area (Å²) in [5, 5.41) is 5.89. The first-order valence-electron chi connectivity index (χ1n) is 9.15. The fourth-order valence-corrected chi connectivity index (χ4v) is 3.71. The molecule has 1 nitrogen and oxygen atoms in total. The molecule has 0 aliphatic carbocycles. The quantitative estimate of drug-likeness (QED) is 0.377. The Morgan fingerprint density at radius 2 is 1.52 bits per heavy atom. The number of hydrogen-bond donors (Lipinski definition) is 1. The summed E-state index contributed by atoms with van der Waals surface area (Å²) >= 11 is 1.88. The van der Waals surface area contributed by atoms with Crippen LogP contribution in [0.15, 0.2) is 17.5 Å². The van der Waals surface area contributed by atoms with E-state index in [-0.39, 0.29) is 0 Å². The average molecular weight is 310 g/mol.